The van der Waals surface area contributed by atoms with E-state index >= 15 is 0 Å². The highest BCUT2D eigenvalue weighted by atomic mass is 35.5. The third kappa shape index (κ3) is 6.03. The minimum absolute atomic E-state index is 0.0631. The highest BCUT2D eigenvalue weighted by Crippen LogP contribution is 2.56. The molecule has 0 bridgehead atoms. The van der Waals surface area contributed by atoms with Gasteiger partial charge in [0.2, 0.25) is 0 Å². The van der Waals surface area contributed by atoms with Crippen molar-refractivity contribution < 1.29 is 24.2 Å². The molecule has 0 radical (unpaired) electrons. The van der Waals surface area contributed by atoms with Crippen molar-refractivity contribution >= 4 is 51.5 Å². The number of allylic oxidation sites excluding steroid dienone is 4. The Morgan fingerprint density at radius 2 is 1.49 bits per heavy atom. The van der Waals surface area contributed by atoms with Crippen LogP contribution in [0.4, 0.5) is 0 Å². The zero-order chi connectivity index (χ0) is 32.3. The molecule has 0 spiro atoms. The normalized spacial score (nSPS) is 19.6. The molecule has 3 aromatic rings. The highest BCUT2D eigenvalue weighted by molar-refractivity contribution is 6.35. The van der Waals surface area contributed by atoms with Crippen molar-refractivity contribution in [2.75, 3.05) is 6.54 Å². The maximum absolute atomic E-state index is 14.2. The Hall–Kier alpha value is -3.61. The average molecular weight is 647 g/mol. The number of carbonyl (C=O) groups is 3. The van der Waals surface area contributed by atoms with Gasteiger partial charge in [0.1, 0.15) is 12.4 Å². The van der Waals surface area contributed by atoms with Gasteiger partial charge < -0.3 is 14.7 Å². The topological polar surface area (TPSA) is 83.9 Å². The summed E-state index contributed by atoms with van der Waals surface area (Å²) in [4.78, 5) is 42.1. The number of aliphatic carboxylic acids is 1. The first-order valence-corrected chi connectivity index (χ1v) is 16.1. The molecule has 0 saturated heterocycles. The molecule has 0 aromatic heterocycles. The number of carboxylic acid groups (broad SMARTS) is 1. The molecule has 0 atom stereocenters. The van der Waals surface area contributed by atoms with Gasteiger partial charge in [0.25, 0.3) is 0 Å². The molecule has 2 aliphatic carbocycles. The van der Waals surface area contributed by atoms with Crippen molar-refractivity contribution in [2.24, 2.45) is 10.8 Å². The Bertz CT molecular complexity index is 1760. The minimum Gasteiger partial charge on any atom is -0.487 e. The molecule has 6 rings (SSSR count). The molecule has 8 heteroatoms. The second kappa shape index (κ2) is 11.6. The summed E-state index contributed by atoms with van der Waals surface area (Å²) in [6.45, 7) is 8.59. The quantitative estimate of drug-likeness (QED) is 0.276. The molecule has 1 aliphatic heterocycles. The number of Topliss-reactive ketones (excluding diaryl/α,β-unsaturated/α-hetero) is 2. The molecule has 3 aliphatic rings. The molecule has 234 valence electrons. The van der Waals surface area contributed by atoms with Crippen LogP contribution in [0.3, 0.4) is 0 Å². The fourth-order valence-electron chi connectivity index (χ4n) is 7.35. The molecule has 1 N–H and O–H groups in total. The maximum atomic E-state index is 14.2. The van der Waals surface area contributed by atoms with E-state index < -0.39 is 11.9 Å². The van der Waals surface area contributed by atoms with Crippen molar-refractivity contribution in [3.8, 4) is 5.75 Å². The fourth-order valence-corrected chi connectivity index (χ4v) is 7.92. The molecule has 0 fully saturated rings. The molecule has 0 amide bonds. The Kier molecular flexibility index (Phi) is 8.11. The third-order valence-corrected chi connectivity index (χ3v) is 9.67. The van der Waals surface area contributed by atoms with E-state index in [0.29, 0.717) is 58.2 Å². The van der Waals surface area contributed by atoms with Gasteiger partial charge in [-0.15, -0.1) is 0 Å². The van der Waals surface area contributed by atoms with Crippen molar-refractivity contribution in [1.82, 2.24) is 4.90 Å². The van der Waals surface area contributed by atoms with Crippen LogP contribution in [-0.4, -0.2) is 34.1 Å². The Morgan fingerprint density at radius 1 is 0.889 bits per heavy atom. The van der Waals surface area contributed by atoms with Crippen molar-refractivity contribution in [3.05, 3.63) is 98.3 Å². The zero-order valence-corrected chi connectivity index (χ0v) is 27.5. The number of hydrogen-bond acceptors (Lipinski definition) is 5. The van der Waals surface area contributed by atoms with Crippen LogP contribution in [0.1, 0.15) is 76.8 Å². The van der Waals surface area contributed by atoms with E-state index in [9.17, 15) is 19.5 Å². The van der Waals surface area contributed by atoms with Crippen LogP contribution in [0.15, 0.2) is 77.1 Å². The van der Waals surface area contributed by atoms with Gasteiger partial charge in [0.05, 0.1) is 11.4 Å². The lowest BCUT2D eigenvalue weighted by Crippen LogP contribution is -2.45. The van der Waals surface area contributed by atoms with Crippen LogP contribution < -0.4 is 4.74 Å². The summed E-state index contributed by atoms with van der Waals surface area (Å²) in [7, 11) is 0. The monoisotopic (exact) mass is 645 g/mol. The van der Waals surface area contributed by atoms with Crippen LogP contribution in [-0.2, 0) is 21.0 Å². The van der Waals surface area contributed by atoms with Gasteiger partial charge in [0.15, 0.2) is 11.6 Å². The second-order valence-electron chi connectivity index (χ2n) is 14.1. The number of halogens is 2. The van der Waals surface area contributed by atoms with Gasteiger partial charge in [-0.25, -0.2) is 0 Å². The van der Waals surface area contributed by atoms with Crippen LogP contribution in [0.25, 0.3) is 10.8 Å². The number of rotatable bonds is 7. The van der Waals surface area contributed by atoms with Crippen molar-refractivity contribution in [2.45, 2.75) is 72.3 Å². The highest BCUT2D eigenvalue weighted by Gasteiger charge is 2.49. The lowest BCUT2D eigenvalue weighted by atomic mass is 9.63. The van der Waals surface area contributed by atoms with E-state index in [-0.39, 0.29) is 42.0 Å². The van der Waals surface area contributed by atoms with Gasteiger partial charge in [-0.05, 0) is 52.1 Å². The summed E-state index contributed by atoms with van der Waals surface area (Å²) in [6.07, 6.45) is 1.62. The smallest absolute Gasteiger partial charge is 0.305 e. The second-order valence-corrected chi connectivity index (χ2v) is 14.9. The predicted molar refractivity (Wildman–Crippen MR) is 177 cm³/mol. The summed E-state index contributed by atoms with van der Waals surface area (Å²) in [5.41, 5.74) is 3.46. The number of carboxylic acids is 1. The summed E-state index contributed by atoms with van der Waals surface area (Å²) in [5, 5.41) is 12.5. The molecule has 45 heavy (non-hydrogen) atoms. The number of nitrogens with zero attached hydrogens (tertiary/aromatic N) is 1. The Morgan fingerprint density at radius 3 is 2.11 bits per heavy atom. The van der Waals surface area contributed by atoms with E-state index in [1.165, 1.54) is 0 Å². The fraction of sp³-hybridized carbons (Fsp3) is 0.378. The van der Waals surface area contributed by atoms with Gasteiger partial charge in [-0.3, -0.25) is 14.4 Å². The van der Waals surface area contributed by atoms with Gasteiger partial charge in [0, 0.05) is 58.4 Å². The largest absolute Gasteiger partial charge is 0.487 e. The Balaban J connectivity index is 1.55. The average Bonchev–Trinajstić information content (AvgIpc) is 2.93. The van der Waals surface area contributed by atoms with Crippen LogP contribution in [0, 0.1) is 10.8 Å². The van der Waals surface area contributed by atoms with E-state index in [1.54, 1.807) is 12.1 Å². The molecule has 0 unspecified atom stereocenters. The summed E-state index contributed by atoms with van der Waals surface area (Å²) < 4.78 is 6.54. The number of ketones is 2. The SMILES string of the molecule is CC1(C)CC(=O)C2=C(C1)N(CCC(=O)O)C1=C(C(=O)CC(C)(C)C1)C2c1cc(Cl)cc(Cl)c1OCc1cccc2ccccc12. The first kappa shape index (κ1) is 31.4. The standard InChI is InChI=1S/C37H37Cl2NO5/c1-36(2)16-27-33(29(41)18-36)32(34-28(40(27)13-12-31(43)44)17-37(3,4)19-30(34)42)25-14-23(38)15-26(39)35(25)45-20-22-10-7-9-21-8-5-6-11-24(21)22/h5-11,14-15,32H,12-13,16-20H2,1-4H3,(H,43,44). The minimum atomic E-state index is -0.935. The first-order valence-electron chi connectivity index (χ1n) is 15.3. The molecule has 0 saturated carbocycles. The number of ether oxygens (including phenoxy) is 1. The van der Waals surface area contributed by atoms with E-state index in [2.05, 4.69) is 0 Å². The first-order chi connectivity index (χ1) is 21.2. The maximum Gasteiger partial charge on any atom is 0.305 e. The lowest BCUT2D eigenvalue weighted by Gasteiger charge is -2.49. The van der Waals surface area contributed by atoms with Crippen molar-refractivity contribution in [1.29, 1.82) is 0 Å². The van der Waals surface area contributed by atoms with Crippen LogP contribution >= 0.6 is 23.2 Å². The number of benzene rings is 3. The van der Waals surface area contributed by atoms with Crippen LogP contribution in [0.2, 0.25) is 10.0 Å². The molecular weight excluding hydrogens is 609 g/mol. The molecule has 6 nitrogen and oxygen atoms in total. The molecular formula is C37H37Cl2NO5. The molecule has 3 aromatic carbocycles. The number of fused-ring (bicyclic) bond motifs is 1. The number of carbonyl (C=O) groups excluding carboxylic acids is 2. The van der Waals surface area contributed by atoms with Gasteiger partial charge in [-0.1, -0.05) is 93.4 Å². The van der Waals surface area contributed by atoms with Gasteiger partial charge in [-0.2, -0.15) is 0 Å². The van der Waals surface area contributed by atoms with Gasteiger partial charge >= 0.3 is 5.97 Å². The van der Waals surface area contributed by atoms with E-state index in [4.69, 9.17) is 27.9 Å². The molecule has 1 heterocycles. The van der Waals surface area contributed by atoms with E-state index in [1.807, 2.05) is 75.1 Å². The summed E-state index contributed by atoms with van der Waals surface area (Å²) in [6, 6.07) is 17.5. The van der Waals surface area contributed by atoms with Crippen molar-refractivity contribution in [3.63, 3.8) is 0 Å². The number of hydrogen-bond donors (Lipinski definition) is 1. The summed E-state index contributed by atoms with van der Waals surface area (Å²) in [5.74, 6) is -1.41. The van der Waals surface area contributed by atoms with E-state index in [0.717, 1.165) is 27.7 Å². The predicted octanol–water partition coefficient (Wildman–Crippen LogP) is 8.89. The zero-order valence-electron chi connectivity index (χ0n) is 26.0. The lowest BCUT2D eigenvalue weighted by molar-refractivity contribution is -0.137. The summed E-state index contributed by atoms with van der Waals surface area (Å²) >= 11 is 13.5. The Labute approximate surface area is 273 Å². The van der Waals surface area contributed by atoms with Crippen LogP contribution in [0.5, 0.6) is 5.75 Å². The third-order valence-electron chi connectivity index (χ3n) is 9.17.